The molecule has 25 heavy (non-hydrogen) atoms. The molecule has 5 rings (SSSR count). The van der Waals surface area contributed by atoms with Crippen LogP contribution in [0, 0.1) is 0 Å². The fourth-order valence-corrected chi connectivity index (χ4v) is 2.91. The topological polar surface area (TPSA) is 40.7 Å². The molecule has 3 heterocycles. The van der Waals surface area contributed by atoms with Gasteiger partial charge < -0.3 is 10.3 Å². The van der Waals surface area contributed by atoms with Crippen LogP contribution >= 0.6 is 0 Å². The van der Waals surface area contributed by atoms with Crippen molar-refractivity contribution in [1.29, 1.82) is 0 Å². The predicted octanol–water partition coefficient (Wildman–Crippen LogP) is 5.16. The van der Waals surface area contributed by atoms with Crippen molar-refractivity contribution >= 4 is 21.8 Å². The Morgan fingerprint density at radius 3 is 1.52 bits per heavy atom. The van der Waals surface area contributed by atoms with Gasteiger partial charge in [-0.25, -0.2) is 0 Å². The van der Waals surface area contributed by atoms with Crippen molar-refractivity contribution in [2.75, 3.05) is 13.1 Å². The first-order valence-electron chi connectivity index (χ1n) is 8.96. The van der Waals surface area contributed by atoms with Crippen LogP contribution in [0.3, 0.4) is 0 Å². The molecule has 1 aliphatic heterocycles. The molecule has 3 heteroatoms. The molecule has 0 amide bonds. The molecule has 0 atom stereocenters. The Balaban J connectivity index is 0.000000127. The number of nitrogens with one attached hydrogen (secondary N) is 2. The lowest BCUT2D eigenvalue weighted by molar-refractivity contribution is 0.520. The second kappa shape index (κ2) is 9.60. The van der Waals surface area contributed by atoms with E-state index in [0.29, 0.717) is 0 Å². The van der Waals surface area contributed by atoms with Crippen molar-refractivity contribution in [1.82, 2.24) is 15.3 Å². The number of para-hydroxylation sites is 2. The quantitative estimate of drug-likeness (QED) is 0.467. The average Bonchev–Trinajstić information content (AvgIpc) is 3.10. The molecule has 4 aromatic rings. The first-order valence-corrected chi connectivity index (χ1v) is 8.96. The summed E-state index contributed by atoms with van der Waals surface area (Å²) in [5, 5.41) is 5.89. The predicted molar refractivity (Wildman–Crippen MR) is 107 cm³/mol. The van der Waals surface area contributed by atoms with Gasteiger partial charge in [-0.1, -0.05) is 48.9 Å². The van der Waals surface area contributed by atoms with E-state index in [2.05, 4.69) is 63.8 Å². The van der Waals surface area contributed by atoms with E-state index < -0.39 is 0 Å². The highest BCUT2D eigenvalue weighted by Gasteiger charge is 2.00. The fraction of sp³-hybridized carbons (Fsp3) is 0.227. The lowest BCUT2D eigenvalue weighted by Gasteiger charge is -2.08. The Morgan fingerprint density at radius 1 is 0.600 bits per heavy atom. The summed E-state index contributed by atoms with van der Waals surface area (Å²) in [4.78, 5) is 7.16. The van der Waals surface area contributed by atoms with Crippen LogP contribution in [-0.2, 0) is 0 Å². The summed E-state index contributed by atoms with van der Waals surface area (Å²) in [7, 11) is 0. The minimum atomic E-state index is 1.21. The Bertz CT molecular complexity index is 775. The smallest absolute Gasteiger partial charge is 0.0464 e. The number of rotatable bonds is 0. The number of benzene rings is 2. The lowest BCUT2D eigenvalue weighted by Crippen LogP contribution is -2.21. The SMILES string of the molecule is C1CCNCC1.c1ccc2c(c1)[nH]c1ccccc12.c1ccncc1. The first-order chi connectivity index (χ1) is 12.4. The van der Waals surface area contributed by atoms with Crippen LogP contribution in [-0.4, -0.2) is 23.1 Å². The maximum atomic E-state index is 3.78. The molecular weight excluding hydrogens is 306 g/mol. The van der Waals surface area contributed by atoms with Gasteiger partial charge in [-0.15, -0.1) is 0 Å². The molecule has 2 N–H and O–H groups in total. The van der Waals surface area contributed by atoms with Crippen molar-refractivity contribution in [2.45, 2.75) is 19.3 Å². The van der Waals surface area contributed by atoms with E-state index >= 15 is 0 Å². The summed E-state index contributed by atoms with van der Waals surface area (Å²) in [5.41, 5.74) is 2.42. The van der Waals surface area contributed by atoms with Crippen LogP contribution in [0.15, 0.2) is 79.1 Å². The third-order valence-electron chi connectivity index (χ3n) is 4.19. The van der Waals surface area contributed by atoms with Gasteiger partial charge in [-0.05, 0) is 50.2 Å². The maximum Gasteiger partial charge on any atom is 0.0464 e. The molecule has 3 nitrogen and oxygen atoms in total. The second-order valence-electron chi connectivity index (χ2n) is 6.05. The van der Waals surface area contributed by atoms with E-state index in [4.69, 9.17) is 0 Å². The number of H-pyrrole nitrogens is 1. The van der Waals surface area contributed by atoms with Crippen LogP contribution in [0.25, 0.3) is 21.8 Å². The molecule has 0 spiro atoms. The largest absolute Gasteiger partial charge is 0.355 e. The van der Waals surface area contributed by atoms with Gasteiger partial charge >= 0.3 is 0 Å². The van der Waals surface area contributed by atoms with Gasteiger partial charge in [0, 0.05) is 34.2 Å². The Labute approximate surface area is 149 Å². The van der Waals surface area contributed by atoms with Crippen LogP contribution in [0.2, 0.25) is 0 Å². The van der Waals surface area contributed by atoms with Gasteiger partial charge in [0.1, 0.15) is 0 Å². The lowest BCUT2D eigenvalue weighted by atomic mass is 10.2. The summed E-state index contributed by atoms with van der Waals surface area (Å²) in [5.74, 6) is 0. The van der Waals surface area contributed by atoms with E-state index in [1.165, 1.54) is 54.2 Å². The highest BCUT2D eigenvalue weighted by atomic mass is 14.9. The number of fused-ring (bicyclic) bond motifs is 3. The molecule has 2 aromatic heterocycles. The van der Waals surface area contributed by atoms with E-state index in [-0.39, 0.29) is 0 Å². The third-order valence-corrected chi connectivity index (χ3v) is 4.19. The molecule has 0 unspecified atom stereocenters. The van der Waals surface area contributed by atoms with E-state index in [1.807, 2.05) is 18.2 Å². The van der Waals surface area contributed by atoms with Crippen LogP contribution in [0.1, 0.15) is 19.3 Å². The second-order valence-corrected chi connectivity index (χ2v) is 6.05. The van der Waals surface area contributed by atoms with Crippen LogP contribution < -0.4 is 5.32 Å². The van der Waals surface area contributed by atoms with Crippen molar-refractivity contribution in [3.63, 3.8) is 0 Å². The fourth-order valence-electron chi connectivity index (χ4n) is 2.91. The van der Waals surface area contributed by atoms with Gasteiger partial charge in [0.15, 0.2) is 0 Å². The first kappa shape index (κ1) is 17.2. The minimum absolute atomic E-state index is 1.21. The number of nitrogens with zero attached hydrogens (tertiary/aromatic N) is 1. The highest BCUT2D eigenvalue weighted by Crippen LogP contribution is 2.24. The molecule has 0 radical (unpaired) electrons. The average molecular weight is 331 g/mol. The summed E-state index contributed by atoms with van der Waals surface area (Å²) >= 11 is 0. The molecular formula is C22H25N3. The zero-order valence-corrected chi connectivity index (χ0v) is 14.5. The molecule has 0 aliphatic carbocycles. The van der Waals surface area contributed by atoms with E-state index in [9.17, 15) is 0 Å². The van der Waals surface area contributed by atoms with Crippen molar-refractivity contribution in [2.24, 2.45) is 0 Å². The molecule has 0 saturated carbocycles. The molecule has 1 saturated heterocycles. The van der Waals surface area contributed by atoms with Gasteiger partial charge in [0.05, 0.1) is 0 Å². The van der Waals surface area contributed by atoms with E-state index in [0.717, 1.165) is 0 Å². The number of pyridine rings is 1. The van der Waals surface area contributed by atoms with Crippen molar-refractivity contribution in [3.8, 4) is 0 Å². The normalized spacial score (nSPS) is 13.4. The number of piperidine rings is 1. The van der Waals surface area contributed by atoms with Gasteiger partial charge in [0.25, 0.3) is 0 Å². The van der Waals surface area contributed by atoms with Gasteiger partial charge in [-0.3, -0.25) is 4.98 Å². The van der Waals surface area contributed by atoms with Crippen molar-refractivity contribution < 1.29 is 0 Å². The molecule has 1 aliphatic rings. The molecule has 1 fully saturated rings. The van der Waals surface area contributed by atoms with Crippen molar-refractivity contribution in [3.05, 3.63) is 79.1 Å². The minimum Gasteiger partial charge on any atom is -0.355 e. The third kappa shape index (κ3) is 5.16. The maximum absolute atomic E-state index is 3.78. The Hall–Kier alpha value is -2.65. The molecule has 2 aromatic carbocycles. The van der Waals surface area contributed by atoms with E-state index in [1.54, 1.807) is 12.4 Å². The summed E-state index contributed by atoms with van der Waals surface area (Å²) in [6.07, 6.45) is 7.72. The molecule has 0 bridgehead atoms. The van der Waals surface area contributed by atoms with Crippen LogP contribution in [0.4, 0.5) is 0 Å². The Kier molecular flexibility index (Phi) is 6.60. The molecule has 128 valence electrons. The van der Waals surface area contributed by atoms with Gasteiger partial charge in [-0.2, -0.15) is 0 Å². The number of aromatic amines is 1. The number of hydrogen-bond acceptors (Lipinski definition) is 2. The monoisotopic (exact) mass is 331 g/mol. The number of aromatic nitrogens is 2. The Morgan fingerprint density at radius 2 is 1.16 bits per heavy atom. The summed E-state index contributed by atoms with van der Waals surface area (Å²) in [6.45, 7) is 2.50. The standard InChI is InChI=1S/C12H9N.C5H11N.C5H5N/c1-3-7-11-9(5-1)10-6-2-4-8-12(10)13-11;2*1-2-4-6-5-3-1/h1-8,13H;6H,1-5H2;1-5H. The summed E-state index contributed by atoms with van der Waals surface area (Å²) < 4.78 is 0. The highest BCUT2D eigenvalue weighted by molar-refractivity contribution is 6.06. The van der Waals surface area contributed by atoms with Gasteiger partial charge in [0.2, 0.25) is 0 Å². The zero-order valence-electron chi connectivity index (χ0n) is 14.5. The van der Waals surface area contributed by atoms with Crippen LogP contribution in [0.5, 0.6) is 0 Å². The summed E-state index contributed by atoms with van der Waals surface area (Å²) in [6, 6.07) is 22.5. The zero-order chi connectivity index (χ0) is 17.2. The number of hydrogen-bond donors (Lipinski definition) is 2.